The average molecular weight is 253 g/mol. The van der Waals surface area contributed by atoms with Gasteiger partial charge in [-0.1, -0.05) is 6.92 Å². The van der Waals surface area contributed by atoms with Crippen LogP contribution in [0.2, 0.25) is 0 Å². The molecule has 0 radical (unpaired) electrons. The van der Waals surface area contributed by atoms with E-state index in [0.717, 1.165) is 19.3 Å². The summed E-state index contributed by atoms with van der Waals surface area (Å²) in [6, 6.07) is -0.0638. The molecule has 4 nitrogen and oxygen atoms in total. The van der Waals surface area contributed by atoms with Crippen molar-refractivity contribution in [2.45, 2.75) is 71.1 Å². The summed E-state index contributed by atoms with van der Waals surface area (Å²) in [6.45, 7) is 7.73. The highest BCUT2D eigenvalue weighted by Crippen LogP contribution is 2.36. The molecule has 2 saturated heterocycles. The molecular weight excluding hydrogens is 230 g/mol. The Morgan fingerprint density at radius 3 is 2.56 bits per heavy atom. The van der Waals surface area contributed by atoms with Crippen molar-refractivity contribution in [2.24, 2.45) is 5.92 Å². The number of fused-ring (bicyclic) bond motifs is 2. The lowest BCUT2D eigenvalue weighted by Gasteiger charge is -2.48. The van der Waals surface area contributed by atoms with E-state index < -0.39 is 5.60 Å². The van der Waals surface area contributed by atoms with E-state index in [1.165, 1.54) is 0 Å². The number of hydrogen-bond donors (Lipinski definition) is 0. The Morgan fingerprint density at radius 1 is 1.28 bits per heavy atom. The maximum atomic E-state index is 12.3. The fraction of sp³-hybridized carbons (Fsp3) is 0.857. The standard InChI is InChI=1S/C14H23NO3/c1-9-5-6-11-12(16)8-7-10(9)15(11)13(17)18-14(2,3)4/h9-11H,5-8H2,1-4H3/t9-,10+,11+/m0/s1. The topological polar surface area (TPSA) is 46.6 Å². The predicted octanol–water partition coefficient (Wildman–Crippen LogP) is 2.75. The van der Waals surface area contributed by atoms with Gasteiger partial charge < -0.3 is 4.74 Å². The molecule has 0 aliphatic carbocycles. The normalized spacial score (nSPS) is 32.3. The van der Waals surface area contributed by atoms with E-state index in [1.54, 1.807) is 4.90 Å². The van der Waals surface area contributed by atoms with Crippen LogP contribution < -0.4 is 0 Å². The second kappa shape index (κ2) is 4.56. The molecule has 0 aromatic rings. The summed E-state index contributed by atoms with van der Waals surface area (Å²) >= 11 is 0. The van der Waals surface area contributed by atoms with E-state index in [-0.39, 0.29) is 24.0 Å². The fourth-order valence-electron chi connectivity index (χ4n) is 3.03. The minimum Gasteiger partial charge on any atom is -0.444 e. The molecule has 0 aromatic heterocycles. The molecule has 18 heavy (non-hydrogen) atoms. The molecular formula is C14H23NO3. The van der Waals surface area contributed by atoms with Crippen LogP contribution in [0.1, 0.15) is 53.4 Å². The number of Topliss-reactive ketones (excluding diaryl/α,β-unsaturated/α-hetero) is 1. The molecule has 102 valence electrons. The zero-order valence-corrected chi connectivity index (χ0v) is 11.7. The molecule has 0 aromatic carbocycles. The van der Waals surface area contributed by atoms with Gasteiger partial charge in [0.1, 0.15) is 5.60 Å². The molecule has 0 spiro atoms. The number of hydrogen-bond acceptors (Lipinski definition) is 3. The van der Waals surface area contributed by atoms with Crippen molar-refractivity contribution in [2.75, 3.05) is 0 Å². The Balaban J connectivity index is 2.18. The molecule has 1 amide bonds. The smallest absolute Gasteiger partial charge is 0.411 e. The Hall–Kier alpha value is -1.06. The van der Waals surface area contributed by atoms with Gasteiger partial charge in [-0.2, -0.15) is 0 Å². The Kier molecular flexibility index (Phi) is 3.39. The summed E-state index contributed by atoms with van der Waals surface area (Å²) in [7, 11) is 0. The molecule has 0 saturated carbocycles. The van der Waals surface area contributed by atoms with E-state index in [9.17, 15) is 9.59 Å². The first-order valence-corrected chi connectivity index (χ1v) is 6.83. The van der Waals surface area contributed by atoms with Crippen LogP contribution >= 0.6 is 0 Å². The summed E-state index contributed by atoms with van der Waals surface area (Å²) in [6.07, 6.45) is 2.89. The minimum absolute atomic E-state index is 0.177. The van der Waals surface area contributed by atoms with Crippen LogP contribution in [0.15, 0.2) is 0 Å². The summed E-state index contributed by atoms with van der Waals surface area (Å²) in [5, 5.41) is 0. The van der Waals surface area contributed by atoms with Gasteiger partial charge >= 0.3 is 6.09 Å². The van der Waals surface area contributed by atoms with Gasteiger partial charge in [0.25, 0.3) is 0 Å². The maximum absolute atomic E-state index is 12.3. The van der Waals surface area contributed by atoms with E-state index in [1.807, 2.05) is 20.8 Å². The van der Waals surface area contributed by atoms with Gasteiger partial charge in [-0.05, 0) is 46.0 Å². The lowest BCUT2D eigenvalue weighted by molar-refractivity contribution is -0.133. The third kappa shape index (κ3) is 2.52. The number of carbonyl (C=O) groups is 2. The first-order valence-electron chi connectivity index (χ1n) is 6.83. The Labute approximate surface area is 109 Å². The van der Waals surface area contributed by atoms with E-state index >= 15 is 0 Å². The molecule has 2 aliphatic heterocycles. The zero-order chi connectivity index (χ0) is 13.5. The van der Waals surface area contributed by atoms with Crippen LogP contribution in [0.5, 0.6) is 0 Å². The van der Waals surface area contributed by atoms with Crippen molar-refractivity contribution in [3.8, 4) is 0 Å². The van der Waals surface area contributed by atoms with Gasteiger partial charge in [0.05, 0.1) is 6.04 Å². The van der Waals surface area contributed by atoms with Gasteiger partial charge in [0.15, 0.2) is 5.78 Å². The number of rotatable bonds is 0. The molecule has 0 unspecified atom stereocenters. The van der Waals surface area contributed by atoms with Crippen molar-refractivity contribution in [3.63, 3.8) is 0 Å². The van der Waals surface area contributed by atoms with Crippen molar-refractivity contribution >= 4 is 11.9 Å². The fourth-order valence-corrected chi connectivity index (χ4v) is 3.03. The van der Waals surface area contributed by atoms with Crippen LogP contribution in [0.3, 0.4) is 0 Å². The summed E-state index contributed by atoms with van der Waals surface area (Å²) < 4.78 is 5.44. The number of nitrogens with zero attached hydrogens (tertiary/aromatic N) is 1. The number of amides is 1. The van der Waals surface area contributed by atoms with Crippen LogP contribution in [0.4, 0.5) is 4.79 Å². The summed E-state index contributed by atoms with van der Waals surface area (Å²) in [5.74, 6) is 0.658. The number of piperidine rings is 2. The molecule has 2 heterocycles. The lowest BCUT2D eigenvalue weighted by Crippen LogP contribution is -2.60. The number of ketones is 1. The molecule has 2 fully saturated rings. The Bertz CT molecular complexity index is 359. The van der Waals surface area contributed by atoms with Crippen molar-refractivity contribution < 1.29 is 14.3 Å². The second-order valence-corrected chi connectivity index (χ2v) is 6.53. The number of ether oxygens (including phenoxy) is 1. The lowest BCUT2D eigenvalue weighted by atomic mass is 9.78. The van der Waals surface area contributed by atoms with Gasteiger partial charge in [-0.3, -0.25) is 9.69 Å². The van der Waals surface area contributed by atoms with Crippen molar-refractivity contribution in [1.82, 2.24) is 4.90 Å². The SMILES string of the molecule is C[C@H]1CC[C@@H]2C(=O)CC[C@H]1N2C(=O)OC(C)(C)C. The van der Waals surface area contributed by atoms with Gasteiger partial charge in [-0.15, -0.1) is 0 Å². The van der Waals surface area contributed by atoms with Crippen LogP contribution in [-0.4, -0.2) is 34.5 Å². The molecule has 0 N–H and O–H groups in total. The first kappa shape index (κ1) is 13.4. The number of carbonyl (C=O) groups excluding carboxylic acids is 2. The molecule has 2 rings (SSSR count). The average Bonchev–Trinajstić information content (AvgIpc) is 2.23. The third-order valence-corrected chi connectivity index (χ3v) is 3.91. The maximum Gasteiger partial charge on any atom is 0.411 e. The molecule has 3 atom stereocenters. The van der Waals surface area contributed by atoms with Gasteiger partial charge in [-0.25, -0.2) is 4.79 Å². The van der Waals surface area contributed by atoms with Crippen LogP contribution in [-0.2, 0) is 9.53 Å². The van der Waals surface area contributed by atoms with E-state index in [4.69, 9.17) is 4.74 Å². The highest BCUT2D eigenvalue weighted by atomic mass is 16.6. The zero-order valence-electron chi connectivity index (χ0n) is 11.7. The van der Waals surface area contributed by atoms with Gasteiger partial charge in [0, 0.05) is 12.5 Å². The highest BCUT2D eigenvalue weighted by molar-refractivity contribution is 5.89. The van der Waals surface area contributed by atoms with Crippen molar-refractivity contribution in [1.29, 1.82) is 0 Å². The predicted molar refractivity (Wildman–Crippen MR) is 68.3 cm³/mol. The highest BCUT2D eigenvalue weighted by Gasteiger charge is 2.46. The van der Waals surface area contributed by atoms with Crippen LogP contribution in [0, 0.1) is 5.92 Å². The van der Waals surface area contributed by atoms with E-state index in [0.29, 0.717) is 12.3 Å². The first-order chi connectivity index (χ1) is 8.29. The summed E-state index contributed by atoms with van der Waals surface area (Å²) in [4.78, 5) is 25.9. The van der Waals surface area contributed by atoms with E-state index in [2.05, 4.69) is 6.92 Å². The van der Waals surface area contributed by atoms with Crippen molar-refractivity contribution in [3.05, 3.63) is 0 Å². The molecule has 4 heteroatoms. The molecule has 2 aliphatic rings. The largest absolute Gasteiger partial charge is 0.444 e. The minimum atomic E-state index is -0.505. The molecule has 2 bridgehead atoms. The third-order valence-electron chi connectivity index (χ3n) is 3.91. The quantitative estimate of drug-likeness (QED) is 0.667. The monoisotopic (exact) mass is 253 g/mol. The van der Waals surface area contributed by atoms with Crippen LogP contribution in [0.25, 0.3) is 0 Å². The summed E-state index contributed by atoms with van der Waals surface area (Å²) in [5.41, 5.74) is -0.505. The Morgan fingerprint density at radius 2 is 1.94 bits per heavy atom. The second-order valence-electron chi connectivity index (χ2n) is 6.53. The van der Waals surface area contributed by atoms with Gasteiger partial charge in [0.2, 0.25) is 0 Å².